The maximum Gasteiger partial charge on any atom is 0.254 e. The van der Waals surface area contributed by atoms with Crippen molar-refractivity contribution in [2.45, 2.75) is 64.6 Å². The first-order valence-corrected chi connectivity index (χ1v) is 15.1. The second-order valence-electron chi connectivity index (χ2n) is 12.1. The van der Waals surface area contributed by atoms with E-state index < -0.39 is 11.7 Å². The van der Waals surface area contributed by atoms with E-state index in [1.807, 2.05) is 44.2 Å². The number of pyridine rings is 1. The van der Waals surface area contributed by atoms with Crippen molar-refractivity contribution in [3.8, 4) is 11.5 Å². The minimum absolute atomic E-state index is 0.0165. The van der Waals surface area contributed by atoms with Crippen LogP contribution in [-0.2, 0) is 16.1 Å². The summed E-state index contributed by atoms with van der Waals surface area (Å²) in [6, 6.07) is 12.9. The third kappa shape index (κ3) is 6.42. The standard InChI is InChI=1S/C33H39FN4O4/c1-21-15-32(39)38(19-21)20-24-17-29(34)28(18-31(24)42-27-5-6-30-23(16-27)4-3-22(2)35-30)33(40)36-25-7-11-37(12-8-25)26-9-13-41-14-10-26/h3-6,16-18,21,25-26H,7-15,19-20H2,1-2H3,(H,36,40). The number of carbonyl (C=O) groups is 2. The van der Waals surface area contributed by atoms with E-state index in [1.54, 1.807) is 4.90 Å². The highest BCUT2D eigenvalue weighted by Gasteiger charge is 2.30. The molecule has 222 valence electrons. The molecule has 3 fully saturated rings. The van der Waals surface area contributed by atoms with Gasteiger partial charge in [0.05, 0.1) is 11.1 Å². The van der Waals surface area contributed by atoms with Crippen LogP contribution in [0, 0.1) is 18.7 Å². The molecule has 0 radical (unpaired) electrons. The predicted octanol–water partition coefficient (Wildman–Crippen LogP) is 5.22. The molecule has 2 aromatic carbocycles. The number of fused-ring (bicyclic) bond motifs is 1. The zero-order chi connectivity index (χ0) is 29.2. The average Bonchev–Trinajstić information content (AvgIpc) is 3.31. The Morgan fingerprint density at radius 1 is 1.10 bits per heavy atom. The molecule has 3 saturated heterocycles. The van der Waals surface area contributed by atoms with E-state index in [9.17, 15) is 9.59 Å². The molecule has 3 aliphatic rings. The number of halogens is 1. The van der Waals surface area contributed by atoms with Gasteiger partial charge in [0.1, 0.15) is 17.3 Å². The highest BCUT2D eigenvalue weighted by Crippen LogP contribution is 2.33. The van der Waals surface area contributed by atoms with Crippen molar-refractivity contribution in [2.24, 2.45) is 5.92 Å². The molecule has 6 rings (SSSR count). The Hall–Kier alpha value is -3.56. The van der Waals surface area contributed by atoms with Gasteiger partial charge in [-0.2, -0.15) is 0 Å². The number of amides is 2. The lowest BCUT2D eigenvalue weighted by Crippen LogP contribution is -2.49. The first-order chi connectivity index (χ1) is 20.3. The Labute approximate surface area is 246 Å². The summed E-state index contributed by atoms with van der Waals surface area (Å²) in [6.45, 7) is 8.23. The van der Waals surface area contributed by atoms with Crippen LogP contribution >= 0.6 is 0 Å². The van der Waals surface area contributed by atoms with Crippen LogP contribution < -0.4 is 10.1 Å². The average molecular weight is 575 g/mol. The van der Waals surface area contributed by atoms with Crippen molar-refractivity contribution in [3.05, 3.63) is 65.1 Å². The second kappa shape index (κ2) is 12.4. The quantitative estimate of drug-likeness (QED) is 0.417. The summed E-state index contributed by atoms with van der Waals surface area (Å²) in [5, 5.41) is 3.98. The molecule has 0 aliphatic carbocycles. The Kier molecular flexibility index (Phi) is 8.40. The number of hydrogen-bond donors (Lipinski definition) is 1. The molecule has 1 unspecified atom stereocenters. The number of rotatable bonds is 7. The van der Waals surface area contributed by atoms with Crippen LogP contribution in [0.2, 0.25) is 0 Å². The van der Waals surface area contributed by atoms with Crippen molar-refractivity contribution >= 4 is 22.7 Å². The van der Waals surface area contributed by atoms with E-state index in [0.29, 0.717) is 36.1 Å². The number of nitrogens with one attached hydrogen (secondary N) is 1. The second-order valence-corrected chi connectivity index (χ2v) is 12.1. The number of benzene rings is 2. The topological polar surface area (TPSA) is 84.0 Å². The molecule has 1 N–H and O–H groups in total. The van der Waals surface area contributed by atoms with E-state index in [4.69, 9.17) is 9.47 Å². The lowest BCUT2D eigenvalue weighted by molar-refractivity contribution is -0.128. The summed E-state index contributed by atoms with van der Waals surface area (Å²) in [7, 11) is 0. The van der Waals surface area contributed by atoms with Crippen molar-refractivity contribution in [2.75, 3.05) is 32.8 Å². The van der Waals surface area contributed by atoms with Crippen molar-refractivity contribution < 1.29 is 23.5 Å². The fourth-order valence-electron chi connectivity index (χ4n) is 6.43. The van der Waals surface area contributed by atoms with Gasteiger partial charge in [-0.05, 0) is 74.9 Å². The van der Waals surface area contributed by atoms with Crippen molar-refractivity contribution in [1.82, 2.24) is 20.1 Å². The highest BCUT2D eigenvalue weighted by atomic mass is 19.1. The first-order valence-electron chi connectivity index (χ1n) is 15.1. The molecule has 2 amide bonds. The summed E-state index contributed by atoms with van der Waals surface area (Å²) < 4.78 is 27.3. The Bertz CT molecular complexity index is 1470. The highest BCUT2D eigenvalue weighted by molar-refractivity contribution is 5.95. The number of likely N-dealkylation sites (tertiary alicyclic amines) is 2. The molecule has 42 heavy (non-hydrogen) atoms. The van der Waals surface area contributed by atoms with E-state index in [-0.39, 0.29) is 30.0 Å². The van der Waals surface area contributed by atoms with E-state index in [1.165, 1.54) is 12.1 Å². The van der Waals surface area contributed by atoms with Gasteiger partial charge in [-0.3, -0.25) is 14.6 Å². The lowest BCUT2D eigenvalue weighted by Gasteiger charge is -2.39. The molecule has 1 aromatic heterocycles. The third-order valence-corrected chi connectivity index (χ3v) is 8.76. The van der Waals surface area contributed by atoms with Crippen LogP contribution in [0.5, 0.6) is 11.5 Å². The summed E-state index contributed by atoms with van der Waals surface area (Å²) in [5.74, 6) is 0.127. The Morgan fingerprint density at radius 2 is 1.88 bits per heavy atom. The number of aromatic nitrogens is 1. The molecule has 8 nitrogen and oxygen atoms in total. The van der Waals surface area contributed by atoms with Gasteiger partial charge in [0.25, 0.3) is 5.91 Å². The molecule has 3 aliphatic heterocycles. The number of hydrogen-bond acceptors (Lipinski definition) is 6. The maximum atomic E-state index is 15.5. The fourth-order valence-corrected chi connectivity index (χ4v) is 6.43. The molecule has 0 saturated carbocycles. The zero-order valence-corrected chi connectivity index (χ0v) is 24.4. The molecular weight excluding hydrogens is 535 g/mol. The predicted molar refractivity (Wildman–Crippen MR) is 158 cm³/mol. The number of piperidine rings is 1. The first kappa shape index (κ1) is 28.6. The number of carbonyl (C=O) groups excluding carboxylic acids is 2. The minimum Gasteiger partial charge on any atom is -0.457 e. The molecule has 9 heteroatoms. The van der Waals surface area contributed by atoms with Crippen LogP contribution in [0.3, 0.4) is 0 Å². The summed E-state index contributed by atoms with van der Waals surface area (Å²) >= 11 is 0. The van der Waals surface area contributed by atoms with E-state index >= 15 is 4.39 Å². The van der Waals surface area contributed by atoms with Gasteiger partial charge in [0.15, 0.2) is 0 Å². The number of nitrogens with zero attached hydrogens (tertiary/aromatic N) is 3. The van der Waals surface area contributed by atoms with Gasteiger partial charge in [-0.1, -0.05) is 13.0 Å². The Balaban J connectivity index is 1.21. The molecule has 3 aromatic rings. The van der Waals surface area contributed by atoms with Gasteiger partial charge >= 0.3 is 0 Å². The molecule has 1 atom stereocenters. The monoisotopic (exact) mass is 574 g/mol. The summed E-state index contributed by atoms with van der Waals surface area (Å²) in [5.41, 5.74) is 2.24. The molecule has 4 heterocycles. The van der Waals surface area contributed by atoms with Gasteiger partial charge in [-0.25, -0.2) is 4.39 Å². The Morgan fingerprint density at radius 3 is 2.62 bits per heavy atom. The van der Waals surface area contributed by atoms with Crippen LogP contribution in [0.15, 0.2) is 42.5 Å². The third-order valence-electron chi connectivity index (χ3n) is 8.76. The SMILES string of the molecule is Cc1ccc2cc(Oc3cc(C(=O)NC4CCN(C5CCOCC5)CC4)c(F)cc3CN3CC(C)CC3=O)ccc2n1. The lowest BCUT2D eigenvalue weighted by atomic mass is 9.99. The van der Waals surface area contributed by atoms with Crippen LogP contribution in [0.25, 0.3) is 10.9 Å². The van der Waals surface area contributed by atoms with Crippen LogP contribution in [-0.4, -0.2) is 71.5 Å². The van der Waals surface area contributed by atoms with Gasteiger partial charge in [0, 0.05) is 74.5 Å². The van der Waals surface area contributed by atoms with E-state index in [0.717, 1.165) is 68.6 Å². The number of ether oxygens (including phenoxy) is 2. The van der Waals surface area contributed by atoms with Crippen molar-refractivity contribution in [1.29, 1.82) is 0 Å². The van der Waals surface area contributed by atoms with E-state index in [2.05, 4.69) is 15.2 Å². The van der Waals surface area contributed by atoms with Crippen LogP contribution in [0.4, 0.5) is 4.39 Å². The number of aryl methyl sites for hydroxylation is 1. The normalized spacial score (nSPS) is 20.8. The van der Waals surface area contributed by atoms with Gasteiger partial charge in [-0.15, -0.1) is 0 Å². The maximum absolute atomic E-state index is 15.5. The summed E-state index contributed by atoms with van der Waals surface area (Å²) in [4.78, 5) is 34.7. The van der Waals surface area contributed by atoms with Crippen LogP contribution in [0.1, 0.15) is 60.6 Å². The molecule has 0 bridgehead atoms. The van der Waals surface area contributed by atoms with Crippen molar-refractivity contribution in [3.63, 3.8) is 0 Å². The minimum atomic E-state index is -0.618. The smallest absolute Gasteiger partial charge is 0.254 e. The van der Waals surface area contributed by atoms with Gasteiger partial charge < -0.3 is 24.6 Å². The fraction of sp³-hybridized carbons (Fsp3) is 0.485. The van der Waals surface area contributed by atoms with Gasteiger partial charge in [0.2, 0.25) is 5.91 Å². The largest absolute Gasteiger partial charge is 0.457 e. The zero-order valence-electron chi connectivity index (χ0n) is 24.4. The molecular formula is C33H39FN4O4. The summed E-state index contributed by atoms with van der Waals surface area (Å²) in [6.07, 6.45) is 4.22. The molecule has 0 spiro atoms.